The zero-order chi connectivity index (χ0) is 16.2. The number of sulfonamides is 1. The van der Waals surface area contributed by atoms with Crippen molar-refractivity contribution in [2.75, 3.05) is 13.1 Å². The minimum atomic E-state index is -4.14. The third-order valence-corrected chi connectivity index (χ3v) is 4.77. The van der Waals surface area contributed by atoms with Crippen LogP contribution in [0.1, 0.15) is 13.8 Å². The smallest absolute Gasteiger partial charge is 0.258 e. The van der Waals surface area contributed by atoms with Crippen LogP contribution < -0.4 is 0 Å². The number of nitro groups is 1. The van der Waals surface area contributed by atoms with Crippen molar-refractivity contribution in [2.24, 2.45) is 5.92 Å². The van der Waals surface area contributed by atoms with Crippen molar-refractivity contribution in [3.05, 3.63) is 34.1 Å². The van der Waals surface area contributed by atoms with Crippen molar-refractivity contribution in [1.29, 1.82) is 5.26 Å². The highest BCUT2D eigenvalue weighted by atomic mass is 32.2. The number of nitro benzene ring substituents is 1. The van der Waals surface area contributed by atoms with E-state index in [4.69, 9.17) is 5.26 Å². The summed E-state index contributed by atoms with van der Waals surface area (Å²) in [7, 11) is -4.14. The Balaban J connectivity index is 3.23. The van der Waals surface area contributed by atoms with Crippen LogP contribution in [0, 0.1) is 33.2 Å². The second-order valence-corrected chi connectivity index (χ2v) is 6.26. The van der Waals surface area contributed by atoms with E-state index < -0.39 is 37.3 Å². The first-order chi connectivity index (χ1) is 9.73. The van der Waals surface area contributed by atoms with Crippen LogP contribution in [0.5, 0.6) is 0 Å². The number of non-ortho nitro benzene ring substituents is 1. The zero-order valence-electron chi connectivity index (χ0n) is 11.5. The highest BCUT2D eigenvalue weighted by Crippen LogP contribution is 2.24. The van der Waals surface area contributed by atoms with Gasteiger partial charge in [-0.1, -0.05) is 6.92 Å². The van der Waals surface area contributed by atoms with Crippen molar-refractivity contribution in [3.63, 3.8) is 0 Å². The third kappa shape index (κ3) is 3.74. The average molecular weight is 315 g/mol. The maximum Gasteiger partial charge on any atom is 0.272 e. The molecular formula is C12H14FN3O4S. The molecule has 0 saturated carbocycles. The molecule has 0 spiro atoms. The molecule has 114 valence electrons. The highest BCUT2D eigenvalue weighted by molar-refractivity contribution is 7.89. The standard InChI is InChI=1S/C12H14FN3O4S/c1-3-15(8-9(2)7-14)21(19,20)12-5-4-10(16(17)18)6-11(12)13/h4-6,9H,3,8H2,1-2H3. The van der Waals surface area contributed by atoms with E-state index in [1.165, 1.54) is 0 Å². The first-order valence-electron chi connectivity index (χ1n) is 6.07. The molecule has 1 atom stereocenters. The number of benzene rings is 1. The van der Waals surface area contributed by atoms with Gasteiger partial charge in [-0.15, -0.1) is 0 Å². The Morgan fingerprint density at radius 1 is 1.52 bits per heavy atom. The van der Waals surface area contributed by atoms with E-state index in [9.17, 15) is 22.9 Å². The molecule has 0 radical (unpaired) electrons. The van der Waals surface area contributed by atoms with Crippen molar-refractivity contribution in [3.8, 4) is 6.07 Å². The maximum absolute atomic E-state index is 13.8. The quantitative estimate of drug-likeness (QED) is 0.589. The summed E-state index contributed by atoms with van der Waals surface area (Å²) in [6.07, 6.45) is 0. The van der Waals surface area contributed by atoms with Crippen LogP contribution in [0.4, 0.5) is 10.1 Å². The van der Waals surface area contributed by atoms with Crippen LogP contribution in [0.3, 0.4) is 0 Å². The SMILES string of the molecule is CCN(CC(C)C#N)S(=O)(=O)c1ccc([N+](=O)[O-])cc1F. The van der Waals surface area contributed by atoms with Gasteiger partial charge >= 0.3 is 0 Å². The molecule has 0 heterocycles. The van der Waals surface area contributed by atoms with Crippen molar-refractivity contribution in [2.45, 2.75) is 18.7 Å². The van der Waals surface area contributed by atoms with Gasteiger partial charge in [0.15, 0.2) is 0 Å². The second kappa shape index (κ2) is 6.60. The molecule has 0 aliphatic carbocycles. The summed E-state index contributed by atoms with van der Waals surface area (Å²) < 4.78 is 39.5. The molecule has 0 aliphatic heterocycles. The van der Waals surface area contributed by atoms with E-state index in [1.54, 1.807) is 13.8 Å². The molecule has 0 saturated heterocycles. The number of halogens is 1. The van der Waals surface area contributed by atoms with Crippen molar-refractivity contribution in [1.82, 2.24) is 4.31 Å². The first kappa shape index (κ1) is 17.0. The molecule has 0 amide bonds. The number of nitrogens with zero attached hydrogens (tertiary/aromatic N) is 3. The summed E-state index contributed by atoms with van der Waals surface area (Å²) in [6.45, 7) is 3.09. The Bertz CT molecular complexity index is 684. The lowest BCUT2D eigenvalue weighted by molar-refractivity contribution is -0.385. The number of hydrogen-bond donors (Lipinski definition) is 0. The number of nitriles is 1. The molecule has 1 rings (SSSR count). The summed E-state index contributed by atoms with van der Waals surface area (Å²) in [6, 6.07) is 4.26. The number of hydrogen-bond acceptors (Lipinski definition) is 5. The second-order valence-electron chi connectivity index (χ2n) is 4.36. The Morgan fingerprint density at radius 3 is 2.57 bits per heavy atom. The van der Waals surface area contributed by atoms with Gasteiger partial charge in [0.25, 0.3) is 5.69 Å². The van der Waals surface area contributed by atoms with Crippen LogP contribution >= 0.6 is 0 Å². The van der Waals surface area contributed by atoms with Crippen molar-refractivity contribution < 1.29 is 17.7 Å². The zero-order valence-corrected chi connectivity index (χ0v) is 12.3. The molecule has 7 nitrogen and oxygen atoms in total. The molecule has 1 aromatic rings. The van der Waals surface area contributed by atoms with E-state index in [0.717, 1.165) is 16.4 Å². The van der Waals surface area contributed by atoms with Gasteiger partial charge in [0.1, 0.15) is 10.7 Å². The van der Waals surface area contributed by atoms with Crippen molar-refractivity contribution >= 4 is 15.7 Å². The Labute approximate surface area is 121 Å². The first-order valence-corrected chi connectivity index (χ1v) is 7.51. The van der Waals surface area contributed by atoms with Crippen LogP contribution in [0.2, 0.25) is 0 Å². The molecule has 0 N–H and O–H groups in total. The average Bonchev–Trinajstić information content (AvgIpc) is 2.43. The normalized spacial score (nSPS) is 12.9. The van der Waals surface area contributed by atoms with Gasteiger partial charge < -0.3 is 0 Å². The topological polar surface area (TPSA) is 104 Å². The molecule has 0 bridgehead atoms. The molecule has 0 aliphatic rings. The summed E-state index contributed by atoms with van der Waals surface area (Å²) in [4.78, 5) is 9.08. The lowest BCUT2D eigenvalue weighted by Gasteiger charge is -2.21. The third-order valence-electron chi connectivity index (χ3n) is 2.79. The lowest BCUT2D eigenvalue weighted by Crippen LogP contribution is -2.34. The van der Waals surface area contributed by atoms with Gasteiger partial charge in [-0.3, -0.25) is 10.1 Å². The van der Waals surface area contributed by atoms with Crippen LogP contribution in [-0.2, 0) is 10.0 Å². The Kier molecular flexibility index (Phi) is 5.34. The summed E-state index contributed by atoms with van der Waals surface area (Å²) in [5.74, 6) is -1.74. The van der Waals surface area contributed by atoms with Crippen LogP contribution in [0.25, 0.3) is 0 Å². The monoisotopic (exact) mass is 315 g/mol. The lowest BCUT2D eigenvalue weighted by atomic mass is 10.2. The molecule has 0 fully saturated rings. The van der Waals surface area contributed by atoms with E-state index in [0.29, 0.717) is 6.07 Å². The maximum atomic E-state index is 13.8. The van der Waals surface area contributed by atoms with Gasteiger partial charge in [0.05, 0.1) is 23.0 Å². The van der Waals surface area contributed by atoms with Gasteiger partial charge in [-0.05, 0) is 13.0 Å². The number of rotatable bonds is 6. The molecule has 1 aromatic carbocycles. The predicted octanol–water partition coefficient (Wildman–Crippen LogP) is 1.90. The molecule has 21 heavy (non-hydrogen) atoms. The summed E-state index contributed by atoms with van der Waals surface area (Å²) >= 11 is 0. The molecule has 0 aromatic heterocycles. The van der Waals surface area contributed by atoms with E-state index in [1.807, 2.05) is 6.07 Å². The summed E-state index contributed by atoms with van der Waals surface area (Å²) in [5, 5.41) is 19.3. The minimum Gasteiger partial charge on any atom is -0.258 e. The van der Waals surface area contributed by atoms with Gasteiger partial charge in [-0.25, -0.2) is 12.8 Å². The largest absolute Gasteiger partial charge is 0.272 e. The van der Waals surface area contributed by atoms with Gasteiger partial charge in [-0.2, -0.15) is 9.57 Å². The molecule has 1 unspecified atom stereocenters. The van der Waals surface area contributed by atoms with Gasteiger partial charge in [0.2, 0.25) is 10.0 Å². The fraction of sp³-hybridized carbons (Fsp3) is 0.417. The summed E-state index contributed by atoms with van der Waals surface area (Å²) in [5.41, 5.74) is -0.528. The van der Waals surface area contributed by atoms with E-state index in [-0.39, 0.29) is 13.1 Å². The molecule has 9 heteroatoms. The fourth-order valence-electron chi connectivity index (χ4n) is 1.70. The fourth-order valence-corrected chi connectivity index (χ4v) is 3.28. The van der Waals surface area contributed by atoms with Crippen LogP contribution in [-0.4, -0.2) is 30.7 Å². The minimum absolute atomic E-state index is 0.0603. The molecular weight excluding hydrogens is 301 g/mol. The van der Waals surface area contributed by atoms with E-state index in [2.05, 4.69) is 0 Å². The van der Waals surface area contributed by atoms with Gasteiger partial charge in [0, 0.05) is 19.2 Å². The Morgan fingerprint density at radius 2 is 2.14 bits per heavy atom. The highest BCUT2D eigenvalue weighted by Gasteiger charge is 2.28. The van der Waals surface area contributed by atoms with Crippen LogP contribution in [0.15, 0.2) is 23.1 Å². The Hall–Kier alpha value is -2.05. The predicted molar refractivity (Wildman–Crippen MR) is 72.3 cm³/mol. The van der Waals surface area contributed by atoms with E-state index >= 15 is 0 Å².